The fourth-order valence-corrected chi connectivity index (χ4v) is 6.47. The number of hydrazine groups is 1. The van der Waals surface area contributed by atoms with Crippen LogP contribution in [0.3, 0.4) is 0 Å². The fraction of sp³-hybridized carbons (Fsp3) is 0.353. The lowest BCUT2D eigenvalue weighted by molar-refractivity contribution is -0.155. The molecule has 0 saturated carbocycles. The van der Waals surface area contributed by atoms with Crippen molar-refractivity contribution in [3.63, 3.8) is 0 Å². The van der Waals surface area contributed by atoms with E-state index in [1.807, 2.05) is 24.3 Å². The molecule has 1 aromatic heterocycles. The van der Waals surface area contributed by atoms with Gasteiger partial charge in [-0.2, -0.15) is 4.72 Å². The van der Waals surface area contributed by atoms with Gasteiger partial charge in [0.15, 0.2) is 0 Å². The fourth-order valence-electron chi connectivity index (χ4n) is 3.29. The van der Waals surface area contributed by atoms with Crippen LogP contribution >= 0.6 is 27.3 Å². The molecule has 0 saturated heterocycles. The molecule has 2 N–H and O–H groups in total. The molecule has 1 aromatic carbocycles. The van der Waals surface area contributed by atoms with Crippen LogP contribution in [0, 0.1) is 0 Å². The number of carbonyl (C=O) groups is 1. The van der Waals surface area contributed by atoms with Crippen LogP contribution in [-0.4, -0.2) is 49.6 Å². The highest BCUT2D eigenvalue weighted by atomic mass is 79.9. The highest BCUT2D eigenvalue weighted by molar-refractivity contribution is 9.11. The van der Waals surface area contributed by atoms with Crippen LogP contribution in [0.5, 0.6) is 0 Å². The van der Waals surface area contributed by atoms with E-state index in [1.54, 1.807) is 30.2 Å². The number of nitrogens with one attached hydrogen (secondary N) is 1. The van der Waals surface area contributed by atoms with Crippen molar-refractivity contribution in [3.8, 4) is 0 Å². The Morgan fingerprint density at radius 1 is 1.30 bits per heavy atom. The van der Waals surface area contributed by atoms with E-state index in [9.17, 15) is 18.3 Å². The molecule has 2 aromatic rings. The van der Waals surface area contributed by atoms with Crippen LogP contribution in [-0.2, 0) is 21.2 Å². The maximum absolute atomic E-state index is 13.0. The van der Waals surface area contributed by atoms with Gasteiger partial charge in [-0.05, 0) is 52.0 Å². The van der Waals surface area contributed by atoms with E-state index in [0.717, 1.165) is 22.5 Å². The third kappa shape index (κ3) is 4.25. The first kappa shape index (κ1) is 20.4. The Labute approximate surface area is 170 Å². The Balaban J connectivity index is 2.10. The number of aryl methyl sites for hydroxylation is 1. The standard InChI is InChI=1S/C17H20BrN3O4S2/c1-20(2)21-13(17(22)23)8-7-11-5-3-4-6-12(11)16(21)19-27(24,25)15-10-9-14(18)26-15/h3-6,9-10,13,16,19H,7-8H2,1-2H3,(H,22,23). The second-order valence-electron chi connectivity index (χ2n) is 6.40. The summed E-state index contributed by atoms with van der Waals surface area (Å²) in [6.45, 7) is 0. The number of fused-ring (bicyclic) bond motifs is 1. The lowest BCUT2D eigenvalue weighted by Crippen LogP contribution is -2.54. The first-order valence-electron chi connectivity index (χ1n) is 8.24. The minimum Gasteiger partial charge on any atom is -0.480 e. The Hall–Kier alpha value is -1.30. The van der Waals surface area contributed by atoms with Crippen molar-refractivity contribution in [2.24, 2.45) is 0 Å². The normalized spacial score (nSPS) is 21.0. The quantitative estimate of drug-likeness (QED) is 0.693. The second kappa shape index (κ2) is 7.98. The number of nitrogens with zero attached hydrogens (tertiary/aromatic N) is 2. The van der Waals surface area contributed by atoms with Crippen molar-refractivity contribution >= 4 is 43.3 Å². The number of carboxylic acid groups (broad SMARTS) is 1. The number of hydrogen-bond acceptors (Lipinski definition) is 6. The van der Waals surface area contributed by atoms with Gasteiger partial charge in [-0.25, -0.2) is 18.4 Å². The van der Waals surface area contributed by atoms with E-state index < -0.39 is 28.2 Å². The van der Waals surface area contributed by atoms with Gasteiger partial charge in [0.05, 0.1) is 3.79 Å². The molecule has 2 atom stereocenters. The van der Waals surface area contributed by atoms with Gasteiger partial charge in [0.1, 0.15) is 16.4 Å². The Morgan fingerprint density at radius 2 is 2.00 bits per heavy atom. The van der Waals surface area contributed by atoms with E-state index in [2.05, 4.69) is 20.7 Å². The first-order chi connectivity index (χ1) is 12.7. The molecule has 27 heavy (non-hydrogen) atoms. The average molecular weight is 474 g/mol. The summed E-state index contributed by atoms with van der Waals surface area (Å²) in [6.07, 6.45) is 0.110. The van der Waals surface area contributed by atoms with Gasteiger partial charge in [0.25, 0.3) is 10.0 Å². The summed E-state index contributed by atoms with van der Waals surface area (Å²) < 4.78 is 29.5. The van der Waals surface area contributed by atoms with Crippen molar-refractivity contribution in [1.82, 2.24) is 14.7 Å². The Kier molecular flexibility index (Phi) is 6.04. The molecule has 10 heteroatoms. The molecule has 0 aliphatic carbocycles. The number of sulfonamides is 1. The summed E-state index contributed by atoms with van der Waals surface area (Å²) in [5, 5.41) is 13.0. The van der Waals surface area contributed by atoms with E-state index in [1.165, 1.54) is 6.07 Å². The number of rotatable bonds is 5. The molecule has 0 amide bonds. The summed E-state index contributed by atoms with van der Waals surface area (Å²) in [5.74, 6) is -0.987. The topological polar surface area (TPSA) is 89.9 Å². The van der Waals surface area contributed by atoms with Gasteiger partial charge in [-0.1, -0.05) is 24.3 Å². The van der Waals surface area contributed by atoms with Gasteiger partial charge >= 0.3 is 5.97 Å². The predicted octanol–water partition coefficient (Wildman–Crippen LogP) is 2.67. The molecular formula is C17H20BrN3O4S2. The van der Waals surface area contributed by atoms with E-state index in [0.29, 0.717) is 16.6 Å². The summed E-state index contributed by atoms with van der Waals surface area (Å²) in [6, 6.07) is 9.80. The van der Waals surface area contributed by atoms with Gasteiger partial charge in [0.2, 0.25) is 0 Å². The summed E-state index contributed by atoms with van der Waals surface area (Å²) in [5.41, 5.74) is 1.70. The zero-order chi connectivity index (χ0) is 19.8. The van der Waals surface area contributed by atoms with Crippen molar-refractivity contribution in [3.05, 3.63) is 51.3 Å². The van der Waals surface area contributed by atoms with Gasteiger partial charge in [-0.3, -0.25) is 4.79 Å². The minimum absolute atomic E-state index is 0.168. The lowest BCUT2D eigenvalue weighted by atomic mass is 10.0. The maximum atomic E-state index is 13.0. The predicted molar refractivity (Wildman–Crippen MR) is 107 cm³/mol. The molecule has 2 unspecified atom stereocenters. The Bertz CT molecular complexity index is 945. The molecule has 0 radical (unpaired) electrons. The number of aliphatic carboxylic acids is 1. The minimum atomic E-state index is -3.84. The molecular weight excluding hydrogens is 454 g/mol. The highest BCUT2D eigenvalue weighted by Gasteiger charge is 2.39. The molecule has 1 aliphatic rings. The van der Waals surface area contributed by atoms with Crippen LogP contribution in [0.1, 0.15) is 23.7 Å². The van der Waals surface area contributed by atoms with Crippen molar-refractivity contribution in [2.75, 3.05) is 14.1 Å². The number of benzene rings is 1. The summed E-state index contributed by atoms with van der Waals surface area (Å²) in [7, 11) is -0.406. The Morgan fingerprint density at radius 3 is 2.59 bits per heavy atom. The van der Waals surface area contributed by atoms with E-state index >= 15 is 0 Å². The van der Waals surface area contributed by atoms with Crippen LogP contribution in [0.15, 0.2) is 44.4 Å². The first-order valence-corrected chi connectivity index (χ1v) is 11.3. The third-order valence-corrected chi connectivity index (χ3v) is 7.97. The van der Waals surface area contributed by atoms with Crippen LogP contribution in [0.2, 0.25) is 0 Å². The van der Waals surface area contributed by atoms with Gasteiger partial charge in [0, 0.05) is 14.1 Å². The zero-order valence-electron chi connectivity index (χ0n) is 14.8. The van der Waals surface area contributed by atoms with Gasteiger partial charge < -0.3 is 5.11 Å². The molecule has 1 aliphatic heterocycles. The number of thiophene rings is 1. The van der Waals surface area contributed by atoms with Crippen molar-refractivity contribution in [1.29, 1.82) is 0 Å². The average Bonchev–Trinajstić information content (AvgIpc) is 2.97. The lowest BCUT2D eigenvalue weighted by Gasteiger charge is -2.39. The summed E-state index contributed by atoms with van der Waals surface area (Å²) >= 11 is 4.39. The highest BCUT2D eigenvalue weighted by Crippen LogP contribution is 2.33. The smallest absolute Gasteiger partial charge is 0.322 e. The van der Waals surface area contributed by atoms with E-state index in [-0.39, 0.29) is 4.21 Å². The molecule has 3 rings (SSSR count). The molecule has 0 bridgehead atoms. The second-order valence-corrected chi connectivity index (χ2v) is 10.8. The van der Waals surface area contributed by atoms with Crippen LogP contribution in [0.25, 0.3) is 0 Å². The zero-order valence-corrected chi connectivity index (χ0v) is 18.0. The number of hydrogen-bond donors (Lipinski definition) is 2. The van der Waals surface area contributed by atoms with Crippen molar-refractivity contribution in [2.45, 2.75) is 29.3 Å². The SMILES string of the molecule is CN(C)N1C(C(=O)O)CCc2ccccc2C1NS(=O)(=O)c1ccc(Br)s1. The largest absolute Gasteiger partial charge is 0.480 e. The monoisotopic (exact) mass is 473 g/mol. The van der Waals surface area contributed by atoms with Crippen molar-refractivity contribution < 1.29 is 18.3 Å². The maximum Gasteiger partial charge on any atom is 0.322 e. The molecule has 2 heterocycles. The number of carboxylic acids is 1. The summed E-state index contributed by atoms with van der Waals surface area (Å²) in [4.78, 5) is 11.9. The molecule has 0 fully saturated rings. The third-order valence-electron chi connectivity index (χ3n) is 4.45. The van der Waals surface area contributed by atoms with Crippen LogP contribution < -0.4 is 4.72 Å². The number of halogens is 1. The van der Waals surface area contributed by atoms with E-state index in [4.69, 9.17) is 0 Å². The molecule has 7 nitrogen and oxygen atoms in total. The molecule has 146 valence electrons. The molecule has 0 spiro atoms. The van der Waals surface area contributed by atoms with Crippen LogP contribution in [0.4, 0.5) is 0 Å². The van der Waals surface area contributed by atoms with Gasteiger partial charge in [-0.15, -0.1) is 11.3 Å².